The first kappa shape index (κ1) is 13.1. The average molecular weight is 196 g/mol. The van der Waals surface area contributed by atoms with Gasteiger partial charge in [-0.25, -0.2) is 0 Å². The first-order valence-corrected chi connectivity index (χ1v) is 5.30. The second kappa shape index (κ2) is 7.48. The summed E-state index contributed by atoms with van der Waals surface area (Å²) in [6, 6.07) is 0. The summed E-state index contributed by atoms with van der Waals surface area (Å²) in [5.41, 5.74) is 0. The first-order chi connectivity index (χ1) is 6.74. The number of hydrogen-bond acceptors (Lipinski definition) is 2. The van der Waals surface area contributed by atoms with Crippen molar-refractivity contribution in [2.24, 2.45) is 5.92 Å². The van der Waals surface area contributed by atoms with Crippen molar-refractivity contribution in [1.29, 1.82) is 0 Å². The largest absolute Gasteiger partial charge is 0.291 e. The Morgan fingerprint density at radius 1 is 1.29 bits per heavy atom. The van der Waals surface area contributed by atoms with Crippen LogP contribution >= 0.6 is 0 Å². The Morgan fingerprint density at radius 2 is 1.93 bits per heavy atom. The maximum absolute atomic E-state index is 11.0. The van der Waals surface area contributed by atoms with E-state index < -0.39 is 0 Å². The third-order valence-electron chi connectivity index (χ3n) is 2.53. The van der Waals surface area contributed by atoms with E-state index in [2.05, 4.69) is 20.1 Å². The Hall–Kier alpha value is -0.920. The first-order valence-electron chi connectivity index (χ1n) is 5.30. The van der Waals surface area contributed by atoms with Gasteiger partial charge < -0.3 is 0 Å². The molecular formula is C12H20O2. The van der Waals surface area contributed by atoms with E-state index in [9.17, 15) is 9.59 Å². The molecular weight excluding hydrogens is 176 g/mol. The molecule has 0 aromatic heterocycles. The zero-order valence-electron chi connectivity index (χ0n) is 9.05. The van der Waals surface area contributed by atoms with Crippen LogP contribution in [0.3, 0.4) is 0 Å². The van der Waals surface area contributed by atoms with Crippen LogP contribution < -0.4 is 0 Å². The second-order valence-electron chi connectivity index (χ2n) is 3.60. The third-order valence-corrected chi connectivity index (χ3v) is 2.53. The molecule has 1 atom stereocenters. The summed E-state index contributed by atoms with van der Waals surface area (Å²) < 4.78 is 0. The van der Waals surface area contributed by atoms with E-state index in [1.54, 1.807) is 0 Å². The van der Waals surface area contributed by atoms with Gasteiger partial charge in [-0.3, -0.25) is 9.59 Å². The lowest BCUT2D eigenvalue weighted by Crippen LogP contribution is -2.24. The van der Waals surface area contributed by atoms with Gasteiger partial charge in [0, 0.05) is 12.8 Å². The van der Waals surface area contributed by atoms with Crippen LogP contribution in [0.1, 0.15) is 45.4 Å². The fourth-order valence-corrected chi connectivity index (χ4v) is 1.69. The minimum absolute atomic E-state index is 0.137. The monoisotopic (exact) mass is 196 g/mol. The standard InChI is InChI=1S/C10H16O2.C2H4/c1-2-3-4-8-5-6-9(11)10(12)7-8;1-2/h8H,2-7H2,1H3;1-2H2. The lowest BCUT2D eigenvalue weighted by molar-refractivity contribution is -0.139. The van der Waals surface area contributed by atoms with Gasteiger partial charge in [0.1, 0.15) is 0 Å². The molecule has 14 heavy (non-hydrogen) atoms. The molecule has 1 aliphatic carbocycles. The van der Waals surface area contributed by atoms with E-state index in [4.69, 9.17) is 0 Å². The number of Topliss-reactive ketones (excluding diaryl/α,β-unsaturated/α-hetero) is 2. The van der Waals surface area contributed by atoms with Crippen LogP contribution in [0.25, 0.3) is 0 Å². The quantitative estimate of drug-likeness (QED) is 0.513. The summed E-state index contributed by atoms with van der Waals surface area (Å²) in [6.45, 7) is 8.15. The summed E-state index contributed by atoms with van der Waals surface area (Å²) in [7, 11) is 0. The van der Waals surface area contributed by atoms with Crippen LogP contribution in [0.15, 0.2) is 13.2 Å². The molecule has 0 aromatic carbocycles. The molecule has 0 bridgehead atoms. The van der Waals surface area contributed by atoms with Gasteiger partial charge in [0.05, 0.1) is 0 Å². The van der Waals surface area contributed by atoms with E-state index >= 15 is 0 Å². The summed E-state index contributed by atoms with van der Waals surface area (Å²) in [4.78, 5) is 21.9. The highest BCUT2D eigenvalue weighted by atomic mass is 16.2. The van der Waals surface area contributed by atoms with E-state index in [1.807, 2.05) is 0 Å². The highest BCUT2D eigenvalue weighted by Gasteiger charge is 2.25. The number of carbonyl (C=O) groups is 2. The summed E-state index contributed by atoms with van der Waals surface area (Å²) in [6.07, 6.45) is 5.43. The van der Waals surface area contributed by atoms with Crippen LogP contribution in [-0.2, 0) is 9.59 Å². The molecule has 0 N–H and O–H groups in total. The van der Waals surface area contributed by atoms with Gasteiger partial charge in [0.15, 0.2) is 11.6 Å². The molecule has 0 radical (unpaired) electrons. The second-order valence-corrected chi connectivity index (χ2v) is 3.60. The average Bonchev–Trinajstić information content (AvgIpc) is 2.23. The number of carbonyl (C=O) groups excluding carboxylic acids is 2. The highest BCUT2D eigenvalue weighted by Crippen LogP contribution is 2.23. The molecule has 80 valence electrons. The fourth-order valence-electron chi connectivity index (χ4n) is 1.69. The fraction of sp³-hybridized carbons (Fsp3) is 0.667. The van der Waals surface area contributed by atoms with Crippen molar-refractivity contribution in [3.8, 4) is 0 Å². The summed E-state index contributed by atoms with van der Waals surface area (Å²) in [5.74, 6) is 0.209. The van der Waals surface area contributed by atoms with E-state index in [0.717, 1.165) is 12.8 Å². The number of hydrogen-bond donors (Lipinski definition) is 0. The lowest BCUT2D eigenvalue weighted by Gasteiger charge is -2.19. The van der Waals surface area contributed by atoms with Crippen LogP contribution in [0, 0.1) is 5.92 Å². The highest BCUT2D eigenvalue weighted by molar-refractivity contribution is 6.37. The number of rotatable bonds is 3. The third kappa shape index (κ3) is 4.35. The molecule has 1 unspecified atom stereocenters. The van der Waals surface area contributed by atoms with Gasteiger partial charge in [-0.1, -0.05) is 26.2 Å². The molecule has 2 heteroatoms. The summed E-state index contributed by atoms with van der Waals surface area (Å²) >= 11 is 0. The molecule has 0 aromatic rings. The SMILES string of the molecule is C=C.CCCCC1CCC(=O)C(=O)C1. The van der Waals surface area contributed by atoms with Crippen molar-refractivity contribution in [2.75, 3.05) is 0 Å². The van der Waals surface area contributed by atoms with Crippen molar-refractivity contribution in [1.82, 2.24) is 0 Å². The van der Waals surface area contributed by atoms with Crippen molar-refractivity contribution in [3.63, 3.8) is 0 Å². The van der Waals surface area contributed by atoms with Gasteiger partial charge in [0.25, 0.3) is 0 Å². The van der Waals surface area contributed by atoms with Gasteiger partial charge >= 0.3 is 0 Å². The van der Waals surface area contributed by atoms with Crippen molar-refractivity contribution in [3.05, 3.63) is 13.2 Å². The van der Waals surface area contributed by atoms with Gasteiger partial charge in [-0.05, 0) is 12.3 Å². The molecule has 0 spiro atoms. The molecule has 0 heterocycles. The minimum atomic E-state index is -0.150. The van der Waals surface area contributed by atoms with E-state index in [1.165, 1.54) is 12.8 Å². The minimum Gasteiger partial charge on any atom is -0.291 e. The Labute approximate surface area is 86.4 Å². The van der Waals surface area contributed by atoms with Crippen LogP contribution in [0.5, 0.6) is 0 Å². The Bertz CT molecular complexity index is 196. The van der Waals surface area contributed by atoms with Crippen molar-refractivity contribution in [2.45, 2.75) is 45.4 Å². The van der Waals surface area contributed by atoms with Crippen LogP contribution in [0.2, 0.25) is 0 Å². The van der Waals surface area contributed by atoms with Gasteiger partial charge in [0.2, 0.25) is 0 Å². The Morgan fingerprint density at radius 3 is 2.43 bits per heavy atom. The zero-order valence-corrected chi connectivity index (χ0v) is 9.05. The smallest absolute Gasteiger partial charge is 0.198 e. The number of unbranched alkanes of at least 4 members (excludes halogenated alkanes) is 1. The number of ketones is 2. The van der Waals surface area contributed by atoms with E-state index in [-0.39, 0.29) is 11.6 Å². The van der Waals surface area contributed by atoms with Crippen LogP contribution in [-0.4, -0.2) is 11.6 Å². The van der Waals surface area contributed by atoms with Crippen molar-refractivity contribution >= 4 is 11.6 Å². The molecule has 0 saturated heterocycles. The zero-order chi connectivity index (χ0) is 11.0. The van der Waals surface area contributed by atoms with Crippen LogP contribution in [0.4, 0.5) is 0 Å². The molecule has 0 aliphatic heterocycles. The molecule has 1 rings (SSSR count). The maximum atomic E-state index is 11.0. The van der Waals surface area contributed by atoms with Gasteiger partial charge in [-0.2, -0.15) is 0 Å². The maximum Gasteiger partial charge on any atom is 0.198 e. The predicted octanol–water partition coefficient (Wildman–Crippen LogP) is 2.92. The predicted molar refractivity (Wildman–Crippen MR) is 58.1 cm³/mol. The molecule has 1 saturated carbocycles. The topological polar surface area (TPSA) is 34.1 Å². The normalized spacial score (nSPS) is 21.4. The summed E-state index contributed by atoms with van der Waals surface area (Å²) in [5, 5.41) is 0. The van der Waals surface area contributed by atoms with E-state index in [0.29, 0.717) is 18.8 Å². The molecule has 2 nitrogen and oxygen atoms in total. The lowest BCUT2D eigenvalue weighted by atomic mass is 9.84. The molecule has 1 aliphatic rings. The molecule has 1 fully saturated rings. The van der Waals surface area contributed by atoms with Crippen molar-refractivity contribution < 1.29 is 9.59 Å². The molecule has 0 amide bonds. The Kier molecular flexibility index (Phi) is 6.99. The van der Waals surface area contributed by atoms with Gasteiger partial charge in [-0.15, -0.1) is 13.2 Å². The Balaban J connectivity index is 0.000000791.